The molecule has 0 fully saturated rings. The Kier molecular flexibility index (Phi) is 30.8. The minimum Gasteiger partial charge on any atom is -0.258 e. The molecule has 1 nitrogen and oxygen atoms in total. The highest BCUT2D eigenvalue weighted by Crippen LogP contribution is 2.10. The molecule has 0 atom stereocenters. The van der Waals surface area contributed by atoms with Crippen LogP contribution in [0.3, 0.4) is 0 Å². The third-order valence-electron chi connectivity index (χ3n) is 1.90. The lowest BCUT2D eigenvalue weighted by molar-refractivity contribution is 1.07. The van der Waals surface area contributed by atoms with Crippen molar-refractivity contribution in [3.8, 4) is 0 Å². The highest BCUT2D eigenvalue weighted by atomic mass is 14.7. The fraction of sp³-hybridized carbons (Fsp3) is 0.706. The van der Waals surface area contributed by atoms with Crippen molar-refractivity contribution in [3.05, 3.63) is 28.6 Å². The lowest BCUT2D eigenvalue weighted by Gasteiger charge is -2.03. The van der Waals surface area contributed by atoms with Crippen LogP contribution in [0.15, 0.2) is 6.07 Å². The molecule has 1 rings (SSSR count). The monoisotopic (exact) mass is 255 g/mol. The van der Waals surface area contributed by atoms with Gasteiger partial charge in [-0.2, -0.15) is 0 Å². The predicted octanol–water partition coefficient (Wildman–Crippen LogP) is 6.42. The summed E-state index contributed by atoms with van der Waals surface area (Å²) in [6.07, 6.45) is 0. The maximum Gasteiger partial charge on any atom is 0.0407 e. The lowest BCUT2D eigenvalue weighted by Crippen LogP contribution is -1.92. The van der Waals surface area contributed by atoms with E-state index in [-0.39, 0.29) is 0 Å². The summed E-state index contributed by atoms with van der Waals surface area (Å²) in [6.45, 7) is 24.3. The zero-order valence-electron chi connectivity index (χ0n) is 15.0. The van der Waals surface area contributed by atoms with E-state index < -0.39 is 0 Å². The molecule has 0 saturated carbocycles. The van der Waals surface area contributed by atoms with Gasteiger partial charge in [0.2, 0.25) is 0 Å². The van der Waals surface area contributed by atoms with Gasteiger partial charge in [0.1, 0.15) is 0 Å². The van der Waals surface area contributed by atoms with E-state index >= 15 is 0 Å². The number of hydrogen-bond acceptors (Lipinski definition) is 1. The first-order valence-electron chi connectivity index (χ1n) is 7.52. The summed E-state index contributed by atoms with van der Waals surface area (Å²) in [6, 6.07) is 2.11. The Balaban J connectivity index is -0.000000105. The van der Waals surface area contributed by atoms with Crippen LogP contribution in [0.1, 0.15) is 77.9 Å². The van der Waals surface area contributed by atoms with Crippen LogP contribution in [0, 0.1) is 27.7 Å². The van der Waals surface area contributed by atoms with Gasteiger partial charge in [0.05, 0.1) is 0 Å². The second-order valence-corrected chi connectivity index (χ2v) is 2.79. The Morgan fingerprint density at radius 2 is 1.00 bits per heavy atom. The lowest BCUT2D eigenvalue weighted by atomic mass is 10.1. The molecule has 1 heteroatoms. The molecule has 18 heavy (non-hydrogen) atoms. The molecule has 0 N–H and O–H groups in total. The third kappa shape index (κ3) is 13.2. The van der Waals surface area contributed by atoms with Gasteiger partial charge in [0.25, 0.3) is 0 Å². The first kappa shape index (κ1) is 25.9. The Labute approximate surface area is 117 Å². The molecule has 0 radical (unpaired) electrons. The van der Waals surface area contributed by atoms with E-state index in [1.54, 1.807) is 0 Å². The van der Waals surface area contributed by atoms with E-state index in [4.69, 9.17) is 0 Å². The van der Waals surface area contributed by atoms with E-state index in [2.05, 4.69) is 31.8 Å². The van der Waals surface area contributed by atoms with Gasteiger partial charge in [-0.1, -0.05) is 55.4 Å². The van der Waals surface area contributed by atoms with Gasteiger partial charge in [-0.05, 0) is 44.9 Å². The zero-order chi connectivity index (χ0) is 15.7. The molecule has 0 spiro atoms. The second kappa shape index (κ2) is 21.4. The molecule has 0 aromatic carbocycles. The Hall–Kier alpha value is -0.850. The van der Waals surface area contributed by atoms with Gasteiger partial charge in [-0.3, -0.25) is 4.98 Å². The van der Waals surface area contributed by atoms with E-state index in [0.717, 1.165) is 11.4 Å². The quantitative estimate of drug-likeness (QED) is 0.521. The number of nitrogens with zero attached hydrogens (tertiary/aromatic N) is 1. The van der Waals surface area contributed by atoms with Gasteiger partial charge in [-0.15, -0.1) is 0 Å². The highest BCUT2D eigenvalue weighted by Gasteiger charge is 1.97. The fourth-order valence-electron chi connectivity index (χ4n) is 1.09. The largest absolute Gasteiger partial charge is 0.258 e. The molecule has 110 valence electrons. The Morgan fingerprint density at radius 1 is 0.667 bits per heavy atom. The minimum atomic E-state index is 1.11. The normalized spacial score (nSPS) is 6.89. The van der Waals surface area contributed by atoms with E-state index in [1.165, 1.54) is 11.1 Å². The molecule has 0 amide bonds. The summed E-state index contributed by atoms with van der Waals surface area (Å²) in [5, 5.41) is 0. The smallest absolute Gasteiger partial charge is 0.0407 e. The summed E-state index contributed by atoms with van der Waals surface area (Å²) >= 11 is 0. The molecule has 0 aliphatic rings. The highest BCUT2D eigenvalue weighted by molar-refractivity contribution is 5.29. The molecule has 1 heterocycles. The maximum absolute atomic E-state index is 4.33. The molecule has 0 saturated heterocycles. The summed E-state index contributed by atoms with van der Waals surface area (Å²) in [4.78, 5) is 4.33. The van der Waals surface area contributed by atoms with E-state index in [9.17, 15) is 0 Å². The molecule has 1 aromatic rings. The fourth-order valence-corrected chi connectivity index (χ4v) is 1.09. The third-order valence-corrected chi connectivity index (χ3v) is 1.90. The van der Waals surface area contributed by atoms with E-state index in [1.807, 2.05) is 62.3 Å². The minimum absolute atomic E-state index is 1.11. The van der Waals surface area contributed by atoms with E-state index in [0.29, 0.717) is 0 Å². The van der Waals surface area contributed by atoms with Crippen LogP contribution in [-0.2, 0) is 0 Å². The molecular weight excluding hydrogens is 218 g/mol. The number of rotatable bonds is 0. The number of aryl methyl sites for hydroxylation is 3. The van der Waals surface area contributed by atoms with Crippen molar-refractivity contribution in [2.24, 2.45) is 0 Å². The van der Waals surface area contributed by atoms with Gasteiger partial charge < -0.3 is 0 Å². The van der Waals surface area contributed by atoms with Crippen molar-refractivity contribution in [2.75, 3.05) is 0 Å². The molecule has 0 bridgehead atoms. The SMILES string of the molecule is CC.CC.CC.CC.Cc1cc(C)c(C)c(C)n1. The second-order valence-electron chi connectivity index (χ2n) is 2.79. The predicted molar refractivity (Wildman–Crippen MR) is 88.6 cm³/mol. The van der Waals surface area contributed by atoms with Crippen molar-refractivity contribution in [2.45, 2.75) is 83.1 Å². The zero-order valence-corrected chi connectivity index (χ0v) is 15.0. The average molecular weight is 255 g/mol. The van der Waals surface area contributed by atoms with Crippen molar-refractivity contribution in [1.29, 1.82) is 0 Å². The molecule has 1 aromatic heterocycles. The molecule has 0 aliphatic carbocycles. The van der Waals surface area contributed by atoms with Gasteiger partial charge >= 0.3 is 0 Å². The number of hydrogen-bond donors (Lipinski definition) is 0. The number of aromatic nitrogens is 1. The van der Waals surface area contributed by atoms with Crippen LogP contribution < -0.4 is 0 Å². The number of pyridine rings is 1. The van der Waals surface area contributed by atoms with Gasteiger partial charge in [0.15, 0.2) is 0 Å². The summed E-state index contributed by atoms with van der Waals surface area (Å²) in [5.74, 6) is 0. The van der Waals surface area contributed by atoms with Gasteiger partial charge in [0, 0.05) is 11.4 Å². The summed E-state index contributed by atoms with van der Waals surface area (Å²) in [5.41, 5.74) is 4.91. The topological polar surface area (TPSA) is 12.9 Å². The van der Waals surface area contributed by atoms with Crippen molar-refractivity contribution in [1.82, 2.24) is 4.98 Å². The molecular formula is C17H37N. The van der Waals surface area contributed by atoms with Crippen LogP contribution in [0.25, 0.3) is 0 Å². The average Bonchev–Trinajstić information content (AvgIpc) is 2.45. The summed E-state index contributed by atoms with van der Waals surface area (Å²) < 4.78 is 0. The van der Waals surface area contributed by atoms with Crippen LogP contribution in [0.2, 0.25) is 0 Å². The van der Waals surface area contributed by atoms with Crippen molar-refractivity contribution in [3.63, 3.8) is 0 Å². The van der Waals surface area contributed by atoms with Crippen molar-refractivity contribution < 1.29 is 0 Å². The van der Waals surface area contributed by atoms with Crippen LogP contribution in [0.4, 0.5) is 0 Å². The van der Waals surface area contributed by atoms with Gasteiger partial charge in [-0.25, -0.2) is 0 Å². The van der Waals surface area contributed by atoms with Crippen LogP contribution in [0.5, 0.6) is 0 Å². The first-order chi connectivity index (χ1) is 8.61. The summed E-state index contributed by atoms with van der Waals surface area (Å²) in [7, 11) is 0. The molecule has 0 aliphatic heterocycles. The van der Waals surface area contributed by atoms with Crippen molar-refractivity contribution >= 4 is 0 Å². The molecule has 0 unspecified atom stereocenters. The Bertz CT molecular complexity index is 229. The maximum atomic E-state index is 4.33. The first-order valence-corrected chi connectivity index (χ1v) is 7.52. The van der Waals surface area contributed by atoms with Crippen LogP contribution in [-0.4, -0.2) is 4.98 Å². The standard InChI is InChI=1S/C9H13N.4C2H6/c1-6-5-7(2)10-9(4)8(6)3;4*1-2/h5H,1-4H3;4*1-2H3. The Morgan fingerprint density at radius 3 is 1.28 bits per heavy atom. The van der Waals surface area contributed by atoms with Crippen LogP contribution >= 0.6 is 0 Å².